The predicted molar refractivity (Wildman–Crippen MR) is 68.6 cm³/mol. The maximum atomic E-state index is 12.3. The molecule has 2 bridgehead atoms. The molecule has 20 heavy (non-hydrogen) atoms. The number of aliphatic carboxylic acids is 1. The van der Waals surface area contributed by atoms with E-state index in [1.54, 1.807) is 12.4 Å². The van der Waals surface area contributed by atoms with Crippen molar-refractivity contribution in [3.8, 4) is 0 Å². The third kappa shape index (κ3) is 2.27. The number of pyridine rings is 1. The number of carboxylic acid groups (broad SMARTS) is 1. The standard InChI is InChI=1S/C14H16N2O4/c17-13(16-7-8-3-5-15-6-4-8)11-9-1-2-10(20-9)12(11)14(18)19/h3-6,9-12H,1-2,7H2,(H,16,17)(H,18,19)/t9-,10-,11-,12-/m0/s1. The van der Waals surface area contributed by atoms with Crippen molar-refractivity contribution in [3.05, 3.63) is 30.1 Å². The van der Waals surface area contributed by atoms with Crippen LogP contribution >= 0.6 is 0 Å². The molecule has 3 heterocycles. The van der Waals surface area contributed by atoms with Gasteiger partial charge in [0.2, 0.25) is 5.91 Å². The van der Waals surface area contributed by atoms with Crippen molar-refractivity contribution in [1.82, 2.24) is 10.3 Å². The molecule has 106 valence electrons. The fourth-order valence-corrected chi connectivity index (χ4v) is 3.13. The molecule has 1 amide bonds. The number of fused-ring (bicyclic) bond motifs is 2. The topological polar surface area (TPSA) is 88.5 Å². The molecule has 0 unspecified atom stereocenters. The van der Waals surface area contributed by atoms with E-state index in [1.807, 2.05) is 12.1 Å². The molecule has 2 aliphatic heterocycles. The summed E-state index contributed by atoms with van der Waals surface area (Å²) in [5.41, 5.74) is 0.935. The van der Waals surface area contributed by atoms with Crippen LogP contribution in [-0.2, 0) is 20.9 Å². The second-order valence-electron chi connectivity index (χ2n) is 5.25. The quantitative estimate of drug-likeness (QED) is 0.839. The van der Waals surface area contributed by atoms with Crippen molar-refractivity contribution in [1.29, 1.82) is 0 Å². The first-order valence-corrected chi connectivity index (χ1v) is 6.71. The molecule has 0 aliphatic carbocycles. The summed E-state index contributed by atoms with van der Waals surface area (Å²) in [7, 11) is 0. The van der Waals surface area contributed by atoms with Gasteiger partial charge in [-0.1, -0.05) is 0 Å². The lowest BCUT2D eigenvalue weighted by atomic mass is 9.78. The molecule has 6 heteroatoms. The number of carbonyl (C=O) groups excluding carboxylic acids is 1. The van der Waals surface area contributed by atoms with E-state index in [-0.39, 0.29) is 18.1 Å². The van der Waals surface area contributed by atoms with Crippen LogP contribution in [0, 0.1) is 11.8 Å². The summed E-state index contributed by atoms with van der Waals surface area (Å²) in [4.78, 5) is 27.5. The summed E-state index contributed by atoms with van der Waals surface area (Å²) in [6.45, 7) is 0.377. The van der Waals surface area contributed by atoms with Crippen molar-refractivity contribution in [2.45, 2.75) is 31.6 Å². The van der Waals surface area contributed by atoms with Crippen LogP contribution in [0.4, 0.5) is 0 Å². The summed E-state index contributed by atoms with van der Waals surface area (Å²) < 4.78 is 5.58. The zero-order valence-corrected chi connectivity index (χ0v) is 10.9. The van der Waals surface area contributed by atoms with Crippen molar-refractivity contribution < 1.29 is 19.4 Å². The smallest absolute Gasteiger partial charge is 0.310 e. The molecule has 0 radical (unpaired) electrons. The zero-order chi connectivity index (χ0) is 14.1. The van der Waals surface area contributed by atoms with E-state index >= 15 is 0 Å². The molecular formula is C14H16N2O4. The van der Waals surface area contributed by atoms with Gasteiger partial charge in [0.25, 0.3) is 0 Å². The number of rotatable bonds is 4. The number of hydrogen-bond donors (Lipinski definition) is 2. The Morgan fingerprint density at radius 2 is 1.90 bits per heavy atom. The minimum Gasteiger partial charge on any atom is -0.481 e. The highest BCUT2D eigenvalue weighted by molar-refractivity contribution is 5.86. The number of carbonyl (C=O) groups is 2. The van der Waals surface area contributed by atoms with Crippen LogP contribution in [0.5, 0.6) is 0 Å². The molecule has 6 nitrogen and oxygen atoms in total. The molecule has 0 aromatic carbocycles. The monoisotopic (exact) mass is 276 g/mol. The molecule has 2 N–H and O–H groups in total. The van der Waals surface area contributed by atoms with E-state index in [0.29, 0.717) is 6.54 Å². The number of hydrogen-bond acceptors (Lipinski definition) is 4. The summed E-state index contributed by atoms with van der Waals surface area (Å²) in [5.74, 6) is -2.47. The van der Waals surface area contributed by atoms with Crippen molar-refractivity contribution >= 4 is 11.9 Å². The number of nitrogens with zero attached hydrogens (tertiary/aromatic N) is 1. The van der Waals surface area contributed by atoms with Gasteiger partial charge in [0, 0.05) is 18.9 Å². The number of carboxylic acids is 1. The lowest BCUT2D eigenvalue weighted by molar-refractivity contribution is -0.147. The van der Waals surface area contributed by atoms with Crippen LogP contribution in [0.2, 0.25) is 0 Å². The fraction of sp³-hybridized carbons (Fsp3) is 0.500. The SMILES string of the molecule is O=C(O)[C@@H]1[C@@H](C(=O)NCc2ccncc2)[C@@H]2CC[C@@H]1O2. The van der Waals surface area contributed by atoms with Gasteiger partial charge >= 0.3 is 5.97 Å². The van der Waals surface area contributed by atoms with Gasteiger partial charge in [-0.25, -0.2) is 0 Å². The van der Waals surface area contributed by atoms with Gasteiger partial charge in [-0.3, -0.25) is 14.6 Å². The third-order valence-corrected chi connectivity index (χ3v) is 4.08. The molecule has 4 atom stereocenters. The lowest BCUT2D eigenvalue weighted by Crippen LogP contribution is -2.43. The van der Waals surface area contributed by atoms with Crippen LogP contribution < -0.4 is 5.32 Å². The summed E-state index contributed by atoms with van der Waals surface area (Å²) >= 11 is 0. The Hall–Kier alpha value is -1.95. The average molecular weight is 276 g/mol. The molecule has 0 spiro atoms. The van der Waals surface area contributed by atoms with Crippen LogP contribution in [0.25, 0.3) is 0 Å². The Morgan fingerprint density at radius 3 is 2.55 bits per heavy atom. The Kier molecular flexibility index (Phi) is 3.40. The van der Waals surface area contributed by atoms with E-state index in [2.05, 4.69) is 10.3 Å². The maximum absolute atomic E-state index is 12.3. The van der Waals surface area contributed by atoms with Crippen molar-refractivity contribution in [2.24, 2.45) is 11.8 Å². The Balaban J connectivity index is 1.66. The molecule has 2 aliphatic rings. The summed E-state index contributed by atoms with van der Waals surface area (Å²) in [6, 6.07) is 3.62. The van der Waals surface area contributed by atoms with E-state index < -0.39 is 17.8 Å². The maximum Gasteiger partial charge on any atom is 0.310 e. The van der Waals surface area contributed by atoms with Gasteiger partial charge in [-0.05, 0) is 30.5 Å². The van der Waals surface area contributed by atoms with Crippen LogP contribution in [0.1, 0.15) is 18.4 Å². The third-order valence-electron chi connectivity index (χ3n) is 4.08. The minimum absolute atomic E-state index is 0.235. The van der Waals surface area contributed by atoms with E-state index in [1.165, 1.54) is 0 Å². The van der Waals surface area contributed by atoms with Crippen molar-refractivity contribution in [2.75, 3.05) is 0 Å². The van der Waals surface area contributed by atoms with Gasteiger partial charge in [0.05, 0.1) is 24.0 Å². The van der Waals surface area contributed by atoms with E-state index in [0.717, 1.165) is 18.4 Å². The fourth-order valence-electron chi connectivity index (χ4n) is 3.13. The first-order valence-electron chi connectivity index (χ1n) is 6.71. The van der Waals surface area contributed by atoms with Crippen molar-refractivity contribution in [3.63, 3.8) is 0 Å². The largest absolute Gasteiger partial charge is 0.481 e. The van der Waals surface area contributed by atoms with Gasteiger partial charge in [0.1, 0.15) is 0 Å². The Bertz CT molecular complexity index is 519. The van der Waals surface area contributed by atoms with Gasteiger partial charge in [0.15, 0.2) is 0 Å². The summed E-state index contributed by atoms with van der Waals surface area (Å²) in [6.07, 6.45) is 4.25. The predicted octanol–water partition coefficient (Wildman–Crippen LogP) is 0.576. The number of aromatic nitrogens is 1. The van der Waals surface area contributed by atoms with Gasteiger partial charge < -0.3 is 15.2 Å². The van der Waals surface area contributed by atoms with Gasteiger partial charge in [-0.15, -0.1) is 0 Å². The van der Waals surface area contributed by atoms with E-state index in [4.69, 9.17) is 4.74 Å². The highest BCUT2D eigenvalue weighted by atomic mass is 16.5. The molecule has 1 aromatic rings. The molecule has 1 aromatic heterocycles. The molecule has 0 saturated carbocycles. The Morgan fingerprint density at radius 1 is 1.25 bits per heavy atom. The minimum atomic E-state index is -0.943. The first-order chi connectivity index (χ1) is 9.66. The highest BCUT2D eigenvalue weighted by Crippen LogP contribution is 2.43. The highest BCUT2D eigenvalue weighted by Gasteiger charge is 2.55. The van der Waals surface area contributed by atoms with E-state index in [9.17, 15) is 14.7 Å². The second-order valence-corrected chi connectivity index (χ2v) is 5.25. The number of nitrogens with one attached hydrogen (secondary N) is 1. The van der Waals surface area contributed by atoms with Crippen LogP contribution in [0.3, 0.4) is 0 Å². The number of ether oxygens (including phenoxy) is 1. The number of amides is 1. The molecule has 3 rings (SSSR count). The average Bonchev–Trinajstić information content (AvgIpc) is 3.06. The Labute approximate surface area is 116 Å². The normalized spacial score (nSPS) is 31.2. The lowest BCUT2D eigenvalue weighted by Gasteiger charge is -2.23. The molecule has 2 saturated heterocycles. The zero-order valence-electron chi connectivity index (χ0n) is 10.9. The molecular weight excluding hydrogens is 260 g/mol. The van der Waals surface area contributed by atoms with Gasteiger partial charge in [-0.2, -0.15) is 0 Å². The molecule has 2 fully saturated rings. The first kappa shape index (κ1) is 13.1. The summed E-state index contributed by atoms with van der Waals surface area (Å²) in [5, 5.41) is 12.1. The second kappa shape index (κ2) is 5.20. The van der Waals surface area contributed by atoms with Crippen LogP contribution in [0.15, 0.2) is 24.5 Å². The van der Waals surface area contributed by atoms with Crippen LogP contribution in [-0.4, -0.2) is 34.2 Å².